The lowest BCUT2D eigenvalue weighted by molar-refractivity contribution is 0.0685. The number of aromatic nitrogens is 2. The predicted molar refractivity (Wildman–Crippen MR) is 54.2 cm³/mol. The molecule has 0 aliphatic heterocycles. The van der Waals surface area contributed by atoms with Gasteiger partial charge in [0.05, 0.1) is 10.7 Å². The first-order valence-electron chi connectivity index (χ1n) is 4.33. The van der Waals surface area contributed by atoms with E-state index in [0.717, 1.165) is 4.68 Å². The van der Waals surface area contributed by atoms with Gasteiger partial charge in [0, 0.05) is 12.5 Å². The van der Waals surface area contributed by atoms with Gasteiger partial charge >= 0.3 is 5.97 Å². The maximum atomic E-state index is 12.7. The summed E-state index contributed by atoms with van der Waals surface area (Å²) in [6.07, 6.45) is 0. The summed E-state index contributed by atoms with van der Waals surface area (Å²) < 4.78 is 13.9. The van der Waals surface area contributed by atoms with E-state index in [-0.39, 0.29) is 16.4 Å². The number of carbonyl (C=O) groups is 1. The number of alkyl halides is 1. The summed E-state index contributed by atoms with van der Waals surface area (Å²) in [6.45, 7) is 2.59. The maximum Gasteiger partial charge on any atom is 0.355 e. The Labute approximate surface area is 91.7 Å². The van der Waals surface area contributed by atoms with E-state index in [4.69, 9.17) is 16.7 Å². The average molecular weight is 235 g/mol. The van der Waals surface area contributed by atoms with E-state index in [9.17, 15) is 9.18 Å². The number of halogens is 2. The van der Waals surface area contributed by atoms with Crippen LogP contribution in [0.1, 0.15) is 30.0 Å². The van der Waals surface area contributed by atoms with Crippen LogP contribution in [-0.2, 0) is 12.5 Å². The summed E-state index contributed by atoms with van der Waals surface area (Å²) in [4.78, 5) is 10.8. The molecular formula is C9H12ClFN2O2. The van der Waals surface area contributed by atoms with E-state index in [2.05, 4.69) is 5.10 Å². The molecule has 1 heterocycles. The normalized spacial score (nSPS) is 11.8. The standard InChI is InChI=1S/C9H12ClFN2O2/c1-9(2,4-11)7-5(10)6(8(14)15)13(3)12-7/h4H2,1-3H3,(H,14,15). The molecule has 0 radical (unpaired) electrons. The van der Waals surface area contributed by atoms with Crippen LogP contribution in [0.3, 0.4) is 0 Å². The van der Waals surface area contributed by atoms with Crippen molar-refractivity contribution in [1.29, 1.82) is 0 Å². The Morgan fingerprint density at radius 3 is 2.53 bits per heavy atom. The molecule has 0 saturated carbocycles. The highest BCUT2D eigenvalue weighted by molar-refractivity contribution is 6.34. The second-order valence-corrected chi connectivity index (χ2v) is 4.34. The minimum atomic E-state index is -1.17. The fraction of sp³-hybridized carbons (Fsp3) is 0.556. The SMILES string of the molecule is Cn1nc(C(C)(C)CF)c(Cl)c1C(=O)O. The Morgan fingerprint density at radius 2 is 2.20 bits per heavy atom. The lowest BCUT2D eigenvalue weighted by Gasteiger charge is -2.17. The molecule has 84 valence electrons. The third-order valence-electron chi connectivity index (χ3n) is 2.17. The summed E-state index contributed by atoms with van der Waals surface area (Å²) in [7, 11) is 1.47. The number of carboxylic acids is 1. The molecule has 0 aliphatic carbocycles. The van der Waals surface area contributed by atoms with E-state index in [1.807, 2.05) is 0 Å². The fourth-order valence-corrected chi connectivity index (χ4v) is 1.72. The monoisotopic (exact) mass is 234 g/mol. The molecule has 0 fully saturated rings. The van der Waals surface area contributed by atoms with Gasteiger partial charge in [0.25, 0.3) is 0 Å². The van der Waals surface area contributed by atoms with Crippen LogP contribution in [0.4, 0.5) is 4.39 Å². The van der Waals surface area contributed by atoms with Gasteiger partial charge in [-0.3, -0.25) is 9.07 Å². The minimum Gasteiger partial charge on any atom is -0.476 e. The van der Waals surface area contributed by atoms with Crippen LogP contribution >= 0.6 is 11.6 Å². The molecular weight excluding hydrogens is 223 g/mol. The molecule has 1 aromatic rings. The molecule has 1 rings (SSSR count). The van der Waals surface area contributed by atoms with E-state index in [0.29, 0.717) is 0 Å². The first-order valence-corrected chi connectivity index (χ1v) is 4.71. The molecule has 1 N–H and O–H groups in total. The number of nitrogens with zero attached hydrogens (tertiary/aromatic N) is 2. The lowest BCUT2D eigenvalue weighted by atomic mass is 9.91. The van der Waals surface area contributed by atoms with Gasteiger partial charge in [-0.15, -0.1) is 0 Å². The quantitative estimate of drug-likeness (QED) is 0.871. The van der Waals surface area contributed by atoms with Gasteiger partial charge in [-0.25, -0.2) is 4.79 Å². The van der Waals surface area contributed by atoms with Crippen molar-refractivity contribution >= 4 is 17.6 Å². The number of hydrogen-bond donors (Lipinski definition) is 1. The molecule has 6 heteroatoms. The second-order valence-electron chi connectivity index (χ2n) is 3.96. The van der Waals surface area contributed by atoms with E-state index in [1.54, 1.807) is 13.8 Å². The molecule has 15 heavy (non-hydrogen) atoms. The highest BCUT2D eigenvalue weighted by Crippen LogP contribution is 2.31. The number of rotatable bonds is 3. The van der Waals surface area contributed by atoms with Crippen molar-refractivity contribution in [2.24, 2.45) is 7.05 Å². The lowest BCUT2D eigenvalue weighted by Crippen LogP contribution is -2.21. The molecule has 0 bridgehead atoms. The van der Waals surface area contributed by atoms with Gasteiger partial charge in [-0.2, -0.15) is 5.10 Å². The van der Waals surface area contributed by atoms with Gasteiger partial charge in [-0.1, -0.05) is 25.4 Å². The molecule has 0 unspecified atom stereocenters. The minimum absolute atomic E-state index is 0.00708. The predicted octanol–water partition coefficient (Wildman–Crippen LogP) is 2.02. The van der Waals surface area contributed by atoms with E-state index < -0.39 is 18.1 Å². The summed E-state index contributed by atoms with van der Waals surface area (Å²) in [5.41, 5.74) is -0.720. The van der Waals surface area contributed by atoms with Gasteiger partial charge in [0.1, 0.15) is 6.67 Å². The number of carboxylic acid groups (broad SMARTS) is 1. The Balaban J connectivity index is 3.36. The molecule has 0 atom stereocenters. The van der Waals surface area contributed by atoms with Crippen molar-refractivity contribution in [1.82, 2.24) is 9.78 Å². The second kappa shape index (κ2) is 3.81. The first kappa shape index (κ1) is 12.0. The maximum absolute atomic E-state index is 12.7. The summed E-state index contributed by atoms with van der Waals surface area (Å²) in [6, 6.07) is 0. The molecule has 0 aliphatic rings. The number of aromatic carboxylic acids is 1. The topological polar surface area (TPSA) is 55.1 Å². The van der Waals surface area contributed by atoms with Crippen molar-refractivity contribution in [2.75, 3.05) is 6.67 Å². The molecule has 0 saturated heterocycles. The molecule has 0 aromatic carbocycles. The van der Waals surface area contributed by atoms with Crippen molar-refractivity contribution < 1.29 is 14.3 Å². The fourth-order valence-electron chi connectivity index (χ4n) is 1.23. The third kappa shape index (κ3) is 1.97. The molecule has 1 aromatic heterocycles. The van der Waals surface area contributed by atoms with Crippen molar-refractivity contribution in [3.8, 4) is 0 Å². The van der Waals surface area contributed by atoms with Crippen molar-refractivity contribution in [2.45, 2.75) is 19.3 Å². The first-order chi connectivity index (χ1) is 6.81. The zero-order valence-electron chi connectivity index (χ0n) is 8.71. The number of hydrogen-bond acceptors (Lipinski definition) is 2. The van der Waals surface area contributed by atoms with Crippen molar-refractivity contribution in [3.63, 3.8) is 0 Å². The third-order valence-corrected chi connectivity index (χ3v) is 2.53. The zero-order chi connectivity index (χ0) is 11.8. The van der Waals surface area contributed by atoms with Gasteiger partial charge in [0.2, 0.25) is 0 Å². The highest BCUT2D eigenvalue weighted by atomic mass is 35.5. The van der Waals surface area contributed by atoms with Crippen LogP contribution in [0.15, 0.2) is 0 Å². The van der Waals surface area contributed by atoms with Gasteiger partial charge in [0.15, 0.2) is 5.69 Å². The van der Waals surface area contributed by atoms with Gasteiger partial charge < -0.3 is 5.11 Å². The summed E-state index contributed by atoms with van der Waals surface area (Å²) >= 11 is 5.86. The van der Waals surface area contributed by atoms with E-state index in [1.165, 1.54) is 7.05 Å². The molecule has 4 nitrogen and oxygen atoms in total. The van der Waals surface area contributed by atoms with Crippen LogP contribution in [-0.4, -0.2) is 27.5 Å². The van der Waals surface area contributed by atoms with Crippen LogP contribution in [0.2, 0.25) is 5.02 Å². The molecule has 0 spiro atoms. The highest BCUT2D eigenvalue weighted by Gasteiger charge is 2.31. The molecule has 0 amide bonds. The average Bonchev–Trinajstić information content (AvgIpc) is 2.42. The van der Waals surface area contributed by atoms with Crippen molar-refractivity contribution in [3.05, 3.63) is 16.4 Å². The summed E-state index contributed by atoms with van der Waals surface area (Å²) in [5, 5.41) is 12.8. The van der Waals surface area contributed by atoms with E-state index >= 15 is 0 Å². The Morgan fingerprint density at radius 1 is 1.67 bits per heavy atom. The Bertz CT molecular complexity index is 401. The van der Waals surface area contributed by atoms with Crippen LogP contribution in [0.25, 0.3) is 0 Å². The Kier molecular flexibility index (Phi) is 3.04. The summed E-state index contributed by atoms with van der Waals surface area (Å²) in [5.74, 6) is -1.17. The smallest absolute Gasteiger partial charge is 0.355 e. The van der Waals surface area contributed by atoms with Gasteiger partial charge in [-0.05, 0) is 0 Å². The Hall–Kier alpha value is -1.10. The van der Waals surface area contributed by atoms with Crippen LogP contribution in [0.5, 0.6) is 0 Å². The van der Waals surface area contributed by atoms with Crippen LogP contribution in [0, 0.1) is 0 Å². The van der Waals surface area contributed by atoms with Crippen LogP contribution < -0.4 is 0 Å². The largest absolute Gasteiger partial charge is 0.476 e. The zero-order valence-corrected chi connectivity index (χ0v) is 9.47. The number of aryl methyl sites for hydroxylation is 1.